The van der Waals surface area contributed by atoms with Gasteiger partial charge in [0.1, 0.15) is 23.8 Å². The van der Waals surface area contributed by atoms with Crippen molar-refractivity contribution in [1.29, 1.82) is 0 Å². The van der Waals surface area contributed by atoms with E-state index in [4.69, 9.17) is 9.15 Å². The first-order valence-corrected chi connectivity index (χ1v) is 9.27. The third kappa shape index (κ3) is 3.62. The van der Waals surface area contributed by atoms with Gasteiger partial charge in [0.25, 0.3) is 12.5 Å². The standard InChI is InChI=1S/C20H18F4N2O4/c21-17(22)15-9-20(28,19(23)24)26(25-15)18(27)16-7-6-14(30-16)10-29-13-5-4-11-2-1-3-12(11)8-13/h4-8,19,25,28H,1-3,9-10H2. The predicted octanol–water partition coefficient (Wildman–Crippen LogP) is 3.76. The molecule has 4 rings (SSSR count). The third-order valence-electron chi connectivity index (χ3n) is 5.18. The maximum absolute atomic E-state index is 13.3. The van der Waals surface area contributed by atoms with E-state index in [1.54, 1.807) is 0 Å². The summed E-state index contributed by atoms with van der Waals surface area (Å²) in [6, 6.07) is 8.37. The average molecular weight is 426 g/mol. The van der Waals surface area contributed by atoms with Gasteiger partial charge in [-0.2, -0.15) is 8.78 Å². The molecule has 10 heteroatoms. The van der Waals surface area contributed by atoms with E-state index >= 15 is 0 Å². The van der Waals surface area contributed by atoms with E-state index in [0.717, 1.165) is 19.3 Å². The largest absolute Gasteiger partial charge is 0.486 e. The molecule has 0 radical (unpaired) electrons. The van der Waals surface area contributed by atoms with Crippen LogP contribution < -0.4 is 10.2 Å². The number of fused-ring (bicyclic) bond motifs is 1. The van der Waals surface area contributed by atoms with E-state index in [2.05, 4.69) is 0 Å². The van der Waals surface area contributed by atoms with Crippen LogP contribution in [0.25, 0.3) is 0 Å². The lowest BCUT2D eigenvalue weighted by molar-refractivity contribution is -0.168. The van der Waals surface area contributed by atoms with Crippen molar-refractivity contribution < 1.29 is 36.6 Å². The van der Waals surface area contributed by atoms with Crippen LogP contribution in [0.5, 0.6) is 5.75 Å². The average Bonchev–Trinajstić information content (AvgIpc) is 3.44. The molecule has 1 atom stereocenters. The van der Waals surface area contributed by atoms with Crippen LogP contribution in [-0.4, -0.2) is 28.2 Å². The van der Waals surface area contributed by atoms with Crippen molar-refractivity contribution in [2.75, 3.05) is 0 Å². The summed E-state index contributed by atoms with van der Waals surface area (Å²) in [4.78, 5) is 12.5. The quantitative estimate of drug-likeness (QED) is 0.713. The van der Waals surface area contributed by atoms with Gasteiger partial charge in [0, 0.05) is 0 Å². The molecule has 6 nitrogen and oxygen atoms in total. The Kier molecular flexibility index (Phi) is 5.19. The lowest BCUT2D eigenvalue weighted by atomic mass is 10.1. The third-order valence-corrected chi connectivity index (χ3v) is 5.18. The maximum Gasteiger partial charge on any atom is 0.310 e. The molecule has 0 spiro atoms. The molecule has 2 N–H and O–H groups in total. The number of hydrogen-bond acceptors (Lipinski definition) is 5. The Bertz CT molecular complexity index is 1000. The maximum atomic E-state index is 13.3. The number of amides is 1. The van der Waals surface area contributed by atoms with Gasteiger partial charge in [-0.25, -0.2) is 13.8 Å². The number of aliphatic hydroxyl groups is 1. The van der Waals surface area contributed by atoms with Crippen LogP contribution in [0.4, 0.5) is 17.6 Å². The highest BCUT2D eigenvalue weighted by Gasteiger charge is 2.54. The zero-order valence-electron chi connectivity index (χ0n) is 15.6. The molecule has 1 aliphatic heterocycles. The second kappa shape index (κ2) is 7.67. The SMILES string of the molecule is O=C(c1ccc(COc2ccc3c(c2)CCC3)o1)N1NC(=C(F)F)CC1(O)C(F)F. The molecule has 160 valence electrons. The minimum Gasteiger partial charge on any atom is -0.486 e. The Labute approximate surface area is 168 Å². The Morgan fingerprint density at radius 2 is 2.00 bits per heavy atom. The van der Waals surface area contributed by atoms with Gasteiger partial charge in [-0.05, 0) is 54.7 Å². The highest BCUT2D eigenvalue weighted by molar-refractivity contribution is 5.92. The smallest absolute Gasteiger partial charge is 0.310 e. The molecule has 0 saturated carbocycles. The number of carbonyl (C=O) groups is 1. The molecule has 30 heavy (non-hydrogen) atoms. The molecule has 1 aromatic heterocycles. The van der Waals surface area contributed by atoms with Gasteiger partial charge >= 0.3 is 5.91 Å². The molecular formula is C20H18F4N2O4. The van der Waals surface area contributed by atoms with Crippen molar-refractivity contribution in [2.24, 2.45) is 0 Å². The summed E-state index contributed by atoms with van der Waals surface area (Å²) in [6.07, 6.45) is -3.79. The van der Waals surface area contributed by atoms with Crippen LogP contribution in [0.2, 0.25) is 0 Å². The summed E-state index contributed by atoms with van der Waals surface area (Å²) in [7, 11) is 0. The number of furan rings is 1. The normalized spacial score (nSPS) is 20.5. The topological polar surface area (TPSA) is 74.9 Å². The van der Waals surface area contributed by atoms with E-state index in [9.17, 15) is 27.5 Å². The fraction of sp³-hybridized carbons (Fsp3) is 0.350. The first-order chi connectivity index (χ1) is 14.3. The Balaban J connectivity index is 1.46. The summed E-state index contributed by atoms with van der Waals surface area (Å²) in [5, 5.41) is 10.1. The van der Waals surface area contributed by atoms with Crippen LogP contribution in [0.1, 0.15) is 40.3 Å². The first kappa shape index (κ1) is 20.3. The number of carbonyl (C=O) groups excluding carboxylic acids is 1. The molecular weight excluding hydrogens is 408 g/mol. The fourth-order valence-electron chi connectivity index (χ4n) is 3.59. The summed E-state index contributed by atoms with van der Waals surface area (Å²) < 4.78 is 63.2. The lowest BCUT2D eigenvalue weighted by Gasteiger charge is -2.30. The van der Waals surface area contributed by atoms with Gasteiger partial charge in [-0.1, -0.05) is 6.07 Å². The van der Waals surface area contributed by atoms with E-state index < -0.39 is 42.0 Å². The summed E-state index contributed by atoms with van der Waals surface area (Å²) in [6.45, 7) is -0.0249. The minimum atomic E-state index is -3.48. The van der Waals surface area contributed by atoms with Crippen LogP contribution in [0, 0.1) is 0 Å². The summed E-state index contributed by atoms with van der Waals surface area (Å²) in [5.41, 5.74) is 0.271. The number of benzene rings is 1. The predicted molar refractivity (Wildman–Crippen MR) is 95.6 cm³/mol. The zero-order valence-corrected chi connectivity index (χ0v) is 15.6. The van der Waals surface area contributed by atoms with Gasteiger partial charge in [0.05, 0.1) is 6.42 Å². The fourth-order valence-corrected chi connectivity index (χ4v) is 3.59. The molecule has 2 aromatic rings. The van der Waals surface area contributed by atoms with Gasteiger partial charge in [0.15, 0.2) is 5.76 Å². The molecule has 0 bridgehead atoms. The highest BCUT2D eigenvalue weighted by Crippen LogP contribution is 2.35. The van der Waals surface area contributed by atoms with Crippen molar-refractivity contribution in [1.82, 2.24) is 10.4 Å². The Morgan fingerprint density at radius 3 is 2.73 bits per heavy atom. The number of alkyl halides is 2. The van der Waals surface area contributed by atoms with E-state index in [1.807, 2.05) is 23.6 Å². The molecule has 1 unspecified atom stereocenters. The Hall–Kier alpha value is -3.01. The second-order valence-electron chi connectivity index (χ2n) is 7.19. The van der Waals surface area contributed by atoms with E-state index in [0.29, 0.717) is 5.75 Å². The van der Waals surface area contributed by atoms with Crippen LogP contribution in [0.15, 0.2) is 46.5 Å². The number of rotatable bonds is 5. The number of nitrogens with zero attached hydrogens (tertiary/aromatic N) is 1. The molecule has 1 aliphatic carbocycles. The number of nitrogens with one attached hydrogen (secondary N) is 1. The molecule has 1 fully saturated rings. The molecule has 2 heterocycles. The van der Waals surface area contributed by atoms with E-state index in [-0.39, 0.29) is 17.4 Å². The lowest BCUT2D eigenvalue weighted by Crippen LogP contribution is -2.55. The van der Waals surface area contributed by atoms with E-state index in [1.165, 1.54) is 23.3 Å². The number of aryl methyl sites for hydroxylation is 2. The molecule has 1 amide bonds. The van der Waals surface area contributed by atoms with Gasteiger partial charge in [-0.3, -0.25) is 10.2 Å². The molecule has 1 aromatic carbocycles. The van der Waals surface area contributed by atoms with Crippen molar-refractivity contribution >= 4 is 5.91 Å². The van der Waals surface area contributed by atoms with Crippen LogP contribution in [0.3, 0.4) is 0 Å². The monoisotopic (exact) mass is 426 g/mol. The van der Waals surface area contributed by atoms with Gasteiger partial charge < -0.3 is 14.3 Å². The van der Waals surface area contributed by atoms with Crippen molar-refractivity contribution in [3.05, 3.63) is 64.8 Å². The number of hydrazine groups is 1. The Morgan fingerprint density at radius 1 is 1.23 bits per heavy atom. The molecule has 1 saturated heterocycles. The van der Waals surface area contributed by atoms with Gasteiger partial charge in [-0.15, -0.1) is 0 Å². The van der Waals surface area contributed by atoms with Gasteiger partial charge in [0.2, 0.25) is 5.72 Å². The molecule has 2 aliphatic rings. The van der Waals surface area contributed by atoms with Crippen molar-refractivity contribution in [2.45, 2.75) is 44.4 Å². The second-order valence-corrected chi connectivity index (χ2v) is 7.19. The summed E-state index contributed by atoms with van der Waals surface area (Å²) in [5.74, 6) is -0.764. The number of ether oxygens (including phenoxy) is 1. The zero-order chi connectivity index (χ0) is 21.5. The summed E-state index contributed by atoms with van der Waals surface area (Å²) >= 11 is 0. The first-order valence-electron chi connectivity index (χ1n) is 9.27. The number of hydrogen-bond donors (Lipinski definition) is 2. The van der Waals surface area contributed by atoms with Crippen LogP contribution >= 0.6 is 0 Å². The van der Waals surface area contributed by atoms with Crippen LogP contribution in [-0.2, 0) is 19.4 Å². The highest BCUT2D eigenvalue weighted by atomic mass is 19.3. The number of halogens is 4. The minimum absolute atomic E-state index is 0.0249. The van der Waals surface area contributed by atoms with Crippen molar-refractivity contribution in [3.63, 3.8) is 0 Å². The van der Waals surface area contributed by atoms with Crippen molar-refractivity contribution in [3.8, 4) is 5.75 Å².